The van der Waals surface area contributed by atoms with Crippen LogP contribution in [0.3, 0.4) is 0 Å². The first kappa shape index (κ1) is 19.2. The maximum atomic E-state index is 12.9. The highest BCUT2D eigenvalue weighted by molar-refractivity contribution is 6.01. The quantitative estimate of drug-likeness (QED) is 0.805. The van der Waals surface area contributed by atoms with Crippen molar-refractivity contribution in [3.05, 3.63) is 59.7 Å². The lowest BCUT2D eigenvalue weighted by molar-refractivity contribution is -0.135. The van der Waals surface area contributed by atoms with Gasteiger partial charge in [0.05, 0.1) is 5.92 Å². The Balaban J connectivity index is 1.46. The van der Waals surface area contributed by atoms with E-state index >= 15 is 0 Å². The molecule has 2 aromatic carbocycles. The molecule has 2 aliphatic rings. The van der Waals surface area contributed by atoms with Gasteiger partial charge in [0, 0.05) is 51.4 Å². The molecule has 0 saturated carbocycles. The van der Waals surface area contributed by atoms with E-state index in [0.717, 1.165) is 28.9 Å². The summed E-state index contributed by atoms with van der Waals surface area (Å²) in [5.74, 6) is -0.342. The number of hydrogen-bond donors (Lipinski definition) is 0. The molecule has 29 heavy (non-hydrogen) atoms. The maximum Gasteiger partial charge on any atom is 0.228 e. The van der Waals surface area contributed by atoms with Crippen LogP contribution in [-0.2, 0) is 27.3 Å². The summed E-state index contributed by atoms with van der Waals surface area (Å²) >= 11 is 0. The Labute approximate surface area is 170 Å². The van der Waals surface area contributed by atoms with Gasteiger partial charge in [0.1, 0.15) is 0 Å². The number of carbonyl (C=O) groups is 3. The molecular weight excluding hydrogens is 366 g/mol. The molecule has 0 unspecified atom stereocenters. The van der Waals surface area contributed by atoms with Crippen molar-refractivity contribution in [2.75, 3.05) is 29.9 Å². The molecule has 1 fully saturated rings. The molecule has 1 atom stereocenters. The first-order chi connectivity index (χ1) is 13.9. The monoisotopic (exact) mass is 391 g/mol. The molecule has 1 saturated heterocycles. The Kier molecular flexibility index (Phi) is 5.09. The van der Waals surface area contributed by atoms with E-state index in [2.05, 4.69) is 0 Å². The molecule has 0 N–H and O–H groups in total. The smallest absolute Gasteiger partial charge is 0.228 e. The minimum atomic E-state index is -0.335. The summed E-state index contributed by atoms with van der Waals surface area (Å²) in [5, 5.41) is 0. The van der Waals surface area contributed by atoms with E-state index < -0.39 is 0 Å². The molecule has 0 aromatic heterocycles. The summed E-state index contributed by atoms with van der Waals surface area (Å²) in [6, 6.07) is 15.6. The summed E-state index contributed by atoms with van der Waals surface area (Å²) in [5.41, 5.74) is 3.86. The zero-order valence-electron chi connectivity index (χ0n) is 16.8. The van der Waals surface area contributed by atoms with Crippen molar-refractivity contribution in [2.24, 2.45) is 5.92 Å². The molecular formula is C23H25N3O3. The standard InChI is InChI=1S/C23H25N3O3/c1-16(27)25-11-10-18-12-20(8-9-21(18)25)26-15-19(13-22(26)28)23(29)24(2)14-17-6-4-3-5-7-17/h3-9,12,19H,10-11,13-15H2,1-2H3/t19-/m0/s1. The van der Waals surface area contributed by atoms with Gasteiger partial charge in [0.25, 0.3) is 0 Å². The fraction of sp³-hybridized carbons (Fsp3) is 0.348. The Bertz CT molecular complexity index is 957. The molecule has 2 heterocycles. The van der Waals surface area contributed by atoms with Gasteiger partial charge >= 0.3 is 0 Å². The van der Waals surface area contributed by atoms with Crippen LogP contribution in [-0.4, -0.2) is 42.8 Å². The second-order valence-electron chi connectivity index (χ2n) is 7.82. The number of anilines is 2. The molecule has 3 amide bonds. The Morgan fingerprint density at radius 2 is 1.90 bits per heavy atom. The molecule has 0 spiro atoms. The van der Waals surface area contributed by atoms with Crippen molar-refractivity contribution in [3.8, 4) is 0 Å². The number of benzene rings is 2. The van der Waals surface area contributed by atoms with Crippen LogP contribution in [0, 0.1) is 5.92 Å². The summed E-state index contributed by atoms with van der Waals surface area (Å²) < 4.78 is 0. The number of hydrogen-bond acceptors (Lipinski definition) is 3. The maximum absolute atomic E-state index is 12.9. The third-order valence-corrected chi connectivity index (χ3v) is 5.76. The third kappa shape index (κ3) is 3.75. The Morgan fingerprint density at radius 1 is 1.14 bits per heavy atom. The van der Waals surface area contributed by atoms with Crippen LogP contribution < -0.4 is 9.80 Å². The number of nitrogens with zero attached hydrogens (tertiary/aromatic N) is 3. The van der Waals surface area contributed by atoms with Crippen molar-refractivity contribution in [1.82, 2.24) is 4.90 Å². The lowest BCUT2D eigenvalue weighted by atomic mass is 10.1. The zero-order valence-corrected chi connectivity index (χ0v) is 16.8. The number of amides is 3. The van der Waals surface area contributed by atoms with Gasteiger partial charge in [-0.05, 0) is 35.7 Å². The van der Waals surface area contributed by atoms with Crippen LogP contribution in [0.25, 0.3) is 0 Å². The van der Waals surface area contributed by atoms with Gasteiger partial charge in [0.2, 0.25) is 17.7 Å². The molecule has 0 radical (unpaired) electrons. The molecule has 6 heteroatoms. The second-order valence-corrected chi connectivity index (χ2v) is 7.82. The normalized spacial score (nSPS) is 18.1. The summed E-state index contributed by atoms with van der Waals surface area (Å²) in [6.45, 7) is 3.17. The molecule has 2 aliphatic heterocycles. The van der Waals surface area contributed by atoms with Crippen LogP contribution >= 0.6 is 0 Å². The predicted molar refractivity (Wildman–Crippen MR) is 112 cm³/mol. The van der Waals surface area contributed by atoms with Crippen LogP contribution in [0.15, 0.2) is 48.5 Å². The fourth-order valence-corrected chi connectivity index (χ4v) is 4.25. The van der Waals surface area contributed by atoms with Gasteiger partial charge in [-0.15, -0.1) is 0 Å². The van der Waals surface area contributed by atoms with Crippen molar-refractivity contribution in [2.45, 2.75) is 26.3 Å². The first-order valence-electron chi connectivity index (χ1n) is 9.94. The molecule has 4 rings (SSSR count). The topological polar surface area (TPSA) is 60.9 Å². The predicted octanol–water partition coefficient (Wildman–Crippen LogP) is 2.61. The van der Waals surface area contributed by atoms with E-state index in [1.54, 1.807) is 28.7 Å². The van der Waals surface area contributed by atoms with Crippen molar-refractivity contribution >= 4 is 29.1 Å². The lowest BCUT2D eigenvalue weighted by Crippen LogP contribution is -2.34. The highest BCUT2D eigenvalue weighted by Gasteiger charge is 2.37. The van der Waals surface area contributed by atoms with E-state index in [1.165, 1.54) is 0 Å². The van der Waals surface area contributed by atoms with Crippen LogP contribution in [0.4, 0.5) is 11.4 Å². The Morgan fingerprint density at radius 3 is 2.62 bits per heavy atom. The number of fused-ring (bicyclic) bond motifs is 1. The second kappa shape index (κ2) is 7.70. The van der Waals surface area contributed by atoms with E-state index in [1.807, 2.05) is 48.5 Å². The SMILES string of the molecule is CC(=O)N1CCc2cc(N3C[C@@H](C(=O)N(C)Cc4ccccc4)CC3=O)ccc21. The van der Waals surface area contributed by atoms with Crippen molar-refractivity contribution in [1.29, 1.82) is 0 Å². The molecule has 2 aromatic rings. The van der Waals surface area contributed by atoms with Gasteiger partial charge in [-0.3, -0.25) is 14.4 Å². The lowest BCUT2D eigenvalue weighted by Gasteiger charge is -2.22. The van der Waals surface area contributed by atoms with Gasteiger partial charge in [-0.1, -0.05) is 30.3 Å². The van der Waals surface area contributed by atoms with Crippen molar-refractivity contribution in [3.63, 3.8) is 0 Å². The van der Waals surface area contributed by atoms with Gasteiger partial charge in [-0.25, -0.2) is 0 Å². The van der Waals surface area contributed by atoms with Gasteiger partial charge in [0.15, 0.2) is 0 Å². The fourth-order valence-electron chi connectivity index (χ4n) is 4.25. The van der Waals surface area contributed by atoms with Gasteiger partial charge in [-0.2, -0.15) is 0 Å². The molecule has 150 valence electrons. The van der Waals surface area contributed by atoms with Crippen LogP contribution in [0.2, 0.25) is 0 Å². The Hall–Kier alpha value is -3.15. The van der Waals surface area contributed by atoms with E-state index in [-0.39, 0.29) is 30.1 Å². The minimum Gasteiger partial charge on any atom is -0.341 e. The number of carbonyl (C=O) groups excluding carboxylic acids is 3. The molecule has 0 bridgehead atoms. The largest absolute Gasteiger partial charge is 0.341 e. The highest BCUT2D eigenvalue weighted by atomic mass is 16.2. The summed E-state index contributed by atoms with van der Waals surface area (Å²) in [4.78, 5) is 42.4. The van der Waals surface area contributed by atoms with Crippen molar-refractivity contribution < 1.29 is 14.4 Å². The average Bonchev–Trinajstić information content (AvgIpc) is 3.31. The van der Waals surface area contributed by atoms with E-state index in [4.69, 9.17) is 0 Å². The third-order valence-electron chi connectivity index (χ3n) is 5.76. The average molecular weight is 391 g/mol. The first-order valence-corrected chi connectivity index (χ1v) is 9.94. The van der Waals surface area contributed by atoms with Crippen LogP contribution in [0.5, 0.6) is 0 Å². The van der Waals surface area contributed by atoms with E-state index in [9.17, 15) is 14.4 Å². The van der Waals surface area contributed by atoms with E-state index in [0.29, 0.717) is 19.6 Å². The van der Waals surface area contributed by atoms with Gasteiger partial charge < -0.3 is 14.7 Å². The van der Waals surface area contributed by atoms with Crippen LogP contribution in [0.1, 0.15) is 24.5 Å². The number of rotatable bonds is 4. The minimum absolute atomic E-state index is 0.00591. The summed E-state index contributed by atoms with van der Waals surface area (Å²) in [7, 11) is 1.79. The molecule has 6 nitrogen and oxygen atoms in total. The summed E-state index contributed by atoms with van der Waals surface area (Å²) in [6.07, 6.45) is 1.02. The highest BCUT2D eigenvalue weighted by Crippen LogP contribution is 2.34. The molecule has 0 aliphatic carbocycles. The zero-order chi connectivity index (χ0) is 20.5.